The molecule has 7 aromatic carbocycles. The predicted octanol–water partition coefficient (Wildman–Crippen LogP) is 10.7. The van der Waals surface area contributed by atoms with Gasteiger partial charge in [-0.25, -0.2) is 9.59 Å². The Morgan fingerprint density at radius 2 is 0.893 bits per heavy atom. The average molecular weight is 729 g/mol. The maximum atomic E-state index is 12.8. The highest BCUT2D eigenvalue weighted by atomic mass is 16.5. The van der Waals surface area contributed by atoms with Crippen molar-refractivity contribution in [3.8, 4) is 29.4 Å². The third-order valence-corrected chi connectivity index (χ3v) is 9.30. The van der Waals surface area contributed by atoms with E-state index in [9.17, 15) is 9.59 Å². The Morgan fingerprint density at radius 1 is 0.446 bits per heavy atom. The molecule has 0 saturated heterocycles. The Bertz CT molecular complexity index is 2600. The molecule has 0 N–H and O–H groups in total. The smallest absolute Gasteiger partial charge is 0.338 e. The van der Waals surface area contributed by atoms with Crippen LogP contribution in [0, 0.1) is 23.7 Å². The normalized spacial score (nSPS) is 10.8. The van der Waals surface area contributed by atoms with Crippen molar-refractivity contribution in [3.63, 3.8) is 0 Å². The van der Waals surface area contributed by atoms with Crippen LogP contribution in [0.2, 0.25) is 0 Å². The van der Waals surface area contributed by atoms with Crippen molar-refractivity contribution in [1.29, 1.82) is 0 Å². The fraction of sp³-hybridized carbons (Fsp3) is 0.0588. The first kappa shape index (κ1) is 36.7. The third kappa shape index (κ3) is 8.14. The van der Waals surface area contributed by atoms with Crippen molar-refractivity contribution >= 4 is 57.8 Å². The monoisotopic (exact) mass is 728 g/mol. The van der Waals surface area contributed by atoms with Gasteiger partial charge in [-0.05, 0) is 64.7 Å². The van der Waals surface area contributed by atoms with Gasteiger partial charge in [0, 0.05) is 43.8 Å². The van der Waals surface area contributed by atoms with E-state index in [0.717, 1.165) is 60.7 Å². The van der Waals surface area contributed by atoms with Gasteiger partial charge < -0.3 is 14.2 Å². The summed E-state index contributed by atoms with van der Waals surface area (Å²) in [5.74, 6) is 13.1. The molecule has 0 bridgehead atoms. The largest absolute Gasteiger partial charge is 0.495 e. The van der Waals surface area contributed by atoms with Crippen LogP contribution in [0.15, 0.2) is 140 Å². The lowest BCUT2D eigenvalue weighted by Crippen LogP contribution is -2.04. The Kier molecular flexibility index (Phi) is 11.2. The second kappa shape index (κ2) is 17.0. The molecule has 0 radical (unpaired) electrons. The van der Waals surface area contributed by atoms with Crippen LogP contribution in [-0.4, -0.2) is 33.3 Å². The van der Waals surface area contributed by atoms with Crippen LogP contribution >= 0.6 is 0 Å². The zero-order valence-electron chi connectivity index (χ0n) is 31.1. The lowest BCUT2D eigenvalue weighted by molar-refractivity contribution is 0.0591. The minimum Gasteiger partial charge on any atom is -0.495 e. The summed E-state index contributed by atoms with van der Waals surface area (Å²) in [5, 5.41) is 3.62. The molecule has 0 unspecified atom stereocenters. The number of esters is 2. The molecular formula is C51H36O5. The molecule has 0 aliphatic rings. The molecule has 0 aliphatic heterocycles. The Labute approximate surface area is 326 Å². The van der Waals surface area contributed by atoms with Crippen LogP contribution in [0.3, 0.4) is 0 Å². The molecule has 7 rings (SSSR count). The summed E-state index contributed by atoms with van der Waals surface area (Å²) in [6, 6.07) is 44.8. The Hall–Kier alpha value is -7.60. The summed E-state index contributed by atoms with van der Waals surface area (Å²) in [6.45, 7) is 0. The number of ether oxygens (including phenoxy) is 3. The fourth-order valence-corrected chi connectivity index (χ4v) is 6.48. The van der Waals surface area contributed by atoms with Gasteiger partial charge in [0.1, 0.15) is 5.75 Å². The highest BCUT2D eigenvalue weighted by Gasteiger charge is 2.14. The topological polar surface area (TPSA) is 61.8 Å². The highest BCUT2D eigenvalue weighted by molar-refractivity contribution is 6.09. The number of fused-ring (bicyclic) bond motifs is 2. The summed E-state index contributed by atoms with van der Waals surface area (Å²) in [4.78, 5) is 25.6. The molecule has 5 nitrogen and oxygen atoms in total. The van der Waals surface area contributed by atoms with E-state index in [1.807, 2.05) is 146 Å². The molecule has 0 amide bonds. The van der Waals surface area contributed by atoms with Crippen LogP contribution in [0.25, 0.3) is 45.8 Å². The van der Waals surface area contributed by atoms with E-state index < -0.39 is 11.9 Å². The van der Waals surface area contributed by atoms with Gasteiger partial charge in [0.15, 0.2) is 0 Å². The van der Waals surface area contributed by atoms with Crippen LogP contribution in [0.1, 0.15) is 65.2 Å². The van der Waals surface area contributed by atoms with Crippen LogP contribution in [0.5, 0.6) is 5.75 Å². The van der Waals surface area contributed by atoms with Crippen molar-refractivity contribution < 1.29 is 23.8 Å². The molecular weight excluding hydrogens is 693 g/mol. The number of carbonyl (C=O) groups excluding carboxylic acids is 2. The number of hydrogen-bond donors (Lipinski definition) is 0. The van der Waals surface area contributed by atoms with E-state index in [1.165, 1.54) is 14.2 Å². The van der Waals surface area contributed by atoms with Gasteiger partial charge in [-0.1, -0.05) is 145 Å². The molecule has 0 spiro atoms. The van der Waals surface area contributed by atoms with Crippen LogP contribution < -0.4 is 4.74 Å². The summed E-state index contributed by atoms with van der Waals surface area (Å²) in [6.07, 6.45) is 7.72. The second-order valence-corrected chi connectivity index (χ2v) is 12.8. The minimum absolute atomic E-state index is 0.428. The number of hydrogen-bond acceptors (Lipinski definition) is 5. The molecule has 0 saturated carbocycles. The van der Waals surface area contributed by atoms with Crippen LogP contribution in [0.4, 0.5) is 0 Å². The summed E-state index contributed by atoms with van der Waals surface area (Å²) in [5.41, 5.74) is 7.30. The fourth-order valence-electron chi connectivity index (χ4n) is 6.48. The van der Waals surface area contributed by atoms with E-state index in [2.05, 4.69) is 29.7 Å². The van der Waals surface area contributed by atoms with Gasteiger partial charge in [-0.3, -0.25) is 0 Å². The van der Waals surface area contributed by atoms with Crippen molar-refractivity contribution in [2.75, 3.05) is 21.3 Å². The Balaban J connectivity index is 1.26. The van der Waals surface area contributed by atoms with Crippen molar-refractivity contribution in [3.05, 3.63) is 195 Å². The van der Waals surface area contributed by atoms with E-state index in [0.29, 0.717) is 22.3 Å². The van der Waals surface area contributed by atoms with Gasteiger partial charge in [0.25, 0.3) is 0 Å². The molecule has 0 atom stereocenters. The highest BCUT2D eigenvalue weighted by Crippen LogP contribution is 2.37. The second-order valence-electron chi connectivity index (χ2n) is 12.8. The molecule has 56 heavy (non-hydrogen) atoms. The summed E-state index contributed by atoms with van der Waals surface area (Å²) < 4.78 is 16.2. The molecule has 7 aromatic rings. The lowest BCUT2D eigenvalue weighted by Gasteiger charge is -2.12. The van der Waals surface area contributed by atoms with E-state index in [-0.39, 0.29) is 0 Å². The molecule has 5 heteroatoms. The van der Waals surface area contributed by atoms with Gasteiger partial charge >= 0.3 is 11.9 Å². The van der Waals surface area contributed by atoms with Crippen molar-refractivity contribution in [1.82, 2.24) is 0 Å². The first-order valence-electron chi connectivity index (χ1n) is 17.9. The third-order valence-electron chi connectivity index (χ3n) is 9.30. The molecule has 0 aromatic heterocycles. The average Bonchev–Trinajstić information content (AvgIpc) is 3.25. The predicted molar refractivity (Wildman–Crippen MR) is 226 cm³/mol. The lowest BCUT2D eigenvalue weighted by atomic mass is 9.95. The molecule has 270 valence electrons. The number of rotatable bonds is 7. The maximum absolute atomic E-state index is 12.8. The first-order chi connectivity index (χ1) is 27.4. The zero-order chi connectivity index (χ0) is 38.9. The first-order valence-corrected chi connectivity index (χ1v) is 17.9. The SMILES string of the molecule is COC(=O)c1cc(C#Cc2cccc3c(OC)c4cccc(C#Cc5ccc(/C=C/c6ccccc6)c(C(=O)OC)c5)c4cc23)ccc1/C=C/c1ccccc1. The van der Waals surface area contributed by atoms with Gasteiger partial charge in [-0.15, -0.1) is 0 Å². The zero-order valence-corrected chi connectivity index (χ0v) is 31.1. The van der Waals surface area contributed by atoms with Gasteiger partial charge in [-0.2, -0.15) is 0 Å². The number of carbonyl (C=O) groups is 2. The van der Waals surface area contributed by atoms with Crippen LogP contribution in [-0.2, 0) is 9.47 Å². The minimum atomic E-state index is -0.436. The molecule has 0 heterocycles. The number of methoxy groups -OCH3 is 3. The Morgan fingerprint density at radius 3 is 1.30 bits per heavy atom. The number of benzene rings is 7. The standard InChI is InChI=1S/C51H36O5/c1-54-49-43-18-10-16-39(28-22-37-24-30-41(47(32-37)50(52)55-2)26-20-35-12-6-4-7-13-35)45(43)34-46-40(17-11-19-44(46)49)29-23-38-25-31-42(48(33-38)51(53)56-3)27-21-36-14-8-5-9-15-36/h4-21,24-27,30-34H,1-3H3/b26-20+,27-21+. The van der Waals surface area contributed by atoms with Crippen molar-refractivity contribution in [2.45, 2.75) is 0 Å². The van der Waals surface area contributed by atoms with Crippen molar-refractivity contribution in [2.24, 2.45) is 0 Å². The van der Waals surface area contributed by atoms with Gasteiger partial charge in [0.2, 0.25) is 0 Å². The van der Waals surface area contributed by atoms with E-state index in [4.69, 9.17) is 14.2 Å². The molecule has 0 fully saturated rings. The quantitative estimate of drug-likeness (QED) is 0.0708. The summed E-state index contributed by atoms with van der Waals surface area (Å²) in [7, 11) is 4.41. The van der Waals surface area contributed by atoms with E-state index in [1.54, 1.807) is 19.2 Å². The summed E-state index contributed by atoms with van der Waals surface area (Å²) >= 11 is 0. The van der Waals surface area contributed by atoms with E-state index >= 15 is 0 Å². The maximum Gasteiger partial charge on any atom is 0.338 e. The van der Waals surface area contributed by atoms with Gasteiger partial charge in [0.05, 0.1) is 32.5 Å². The molecule has 0 aliphatic carbocycles.